The zero-order chi connectivity index (χ0) is 18.3. The third-order valence-electron chi connectivity index (χ3n) is 5.32. The van der Waals surface area contributed by atoms with Crippen LogP contribution in [0.25, 0.3) is 0 Å². The number of rotatable bonds is 3. The van der Waals surface area contributed by atoms with Gasteiger partial charge in [-0.15, -0.1) is 0 Å². The summed E-state index contributed by atoms with van der Waals surface area (Å²) in [7, 11) is 1.78. The van der Waals surface area contributed by atoms with Gasteiger partial charge in [-0.05, 0) is 37.3 Å². The number of carboxylic acid groups (broad SMARTS) is 1. The van der Waals surface area contributed by atoms with E-state index < -0.39 is 18.1 Å². The van der Waals surface area contributed by atoms with E-state index in [-0.39, 0.29) is 5.91 Å². The molecule has 0 saturated carbocycles. The number of para-hydroxylation sites is 1. The summed E-state index contributed by atoms with van der Waals surface area (Å²) in [4.78, 5) is 28.7. The minimum Gasteiger partial charge on any atom is -0.480 e. The molecule has 7 nitrogen and oxygen atoms in total. The first-order valence-corrected chi connectivity index (χ1v) is 8.95. The summed E-state index contributed by atoms with van der Waals surface area (Å²) in [5.41, 5.74) is 2.81. The Labute approximate surface area is 151 Å². The average Bonchev–Trinajstić information content (AvgIpc) is 3.26. The molecule has 136 valence electrons. The average molecular weight is 354 g/mol. The highest BCUT2D eigenvalue weighted by molar-refractivity contribution is 6.01. The Morgan fingerprint density at radius 1 is 1.19 bits per heavy atom. The van der Waals surface area contributed by atoms with Crippen molar-refractivity contribution in [2.45, 2.75) is 37.8 Å². The molecule has 2 aromatic rings. The Morgan fingerprint density at radius 3 is 2.69 bits per heavy atom. The molecule has 4 rings (SSSR count). The molecule has 1 fully saturated rings. The second-order valence-corrected chi connectivity index (χ2v) is 6.95. The Morgan fingerprint density at radius 2 is 1.96 bits per heavy atom. The van der Waals surface area contributed by atoms with Crippen molar-refractivity contribution in [3.8, 4) is 0 Å². The number of aryl methyl sites for hydroxylation is 2. The van der Waals surface area contributed by atoms with Gasteiger partial charge in [-0.25, -0.2) is 4.79 Å². The van der Waals surface area contributed by atoms with E-state index in [1.807, 2.05) is 23.1 Å². The molecular formula is C19H22N4O3. The molecule has 1 aromatic carbocycles. The van der Waals surface area contributed by atoms with Crippen molar-refractivity contribution < 1.29 is 14.7 Å². The molecule has 0 spiro atoms. The minimum atomic E-state index is -0.900. The molecule has 2 atom stereocenters. The lowest BCUT2D eigenvalue weighted by Crippen LogP contribution is -2.51. The molecule has 1 aromatic heterocycles. The first-order chi connectivity index (χ1) is 12.6. The molecule has 1 saturated heterocycles. The van der Waals surface area contributed by atoms with Gasteiger partial charge in [-0.2, -0.15) is 5.10 Å². The Balaban J connectivity index is 1.68. The number of fused-ring (bicyclic) bond motifs is 1. The second-order valence-electron chi connectivity index (χ2n) is 6.95. The highest BCUT2D eigenvalue weighted by atomic mass is 16.4. The van der Waals surface area contributed by atoms with Crippen molar-refractivity contribution in [2.75, 3.05) is 16.3 Å². The van der Waals surface area contributed by atoms with Crippen molar-refractivity contribution in [1.29, 1.82) is 0 Å². The fraction of sp³-hybridized carbons (Fsp3) is 0.421. The molecule has 0 aliphatic carbocycles. The van der Waals surface area contributed by atoms with Gasteiger partial charge in [0.1, 0.15) is 12.1 Å². The largest absolute Gasteiger partial charge is 0.480 e. The zero-order valence-corrected chi connectivity index (χ0v) is 14.7. The predicted molar refractivity (Wildman–Crippen MR) is 97.2 cm³/mol. The van der Waals surface area contributed by atoms with E-state index in [1.165, 1.54) is 5.56 Å². The van der Waals surface area contributed by atoms with E-state index in [0.717, 1.165) is 18.5 Å². The molecule has 1 amide bonds. The van der Waals surface area contributed by atoms with Crippen LogP contribution in [0.4, 0.5) is 11.4 Å². The van der Waals surface area contributed by atoms with Crippen LogP contribution in [0.3, 0.4) is 0 Å². The number of carbonyl (C=O) groups is 2. The van der Waals surface area contributed by atoms with Gasteiger partial charge in [0, 0.05) is 25.5 Å². The molecule has 2 aliphatic rings. The Hall–Kier alpha value is -2.83. The molecule has 2 unspecified atom stereocenters. The highest BCUT2D eigenvalue weighted by Gasteiger charge is 2.44. The van der Waals surface area contributed by atoms with Crippen LogP contribution >= 0.6 is 0 Å². The Kier molecular flexibility index (Phi) is 4.14. The predicted octanol–water partition coefficient (Wildman–Crippen LogP) is 1.82. The number of nitrogens with zero attached hydrogens (tertiary/aromatic N) is 4. The van der Waals surface area contributed by atoms with Gasteiger partial charge in [0.15, 0.2) is 0 Å². The first kappa shape index (κ1) is 16.6. The van der Waals surface area contributed by atoms with Crippen molar-refractivity contribution in [3.05, 3.63) is 42.2 Å². The van der Waals surface area contributed by atoms with Crippen molar-refractivity contribution in [1.82, 2.24) is 9.78 Å². The van der Waals surface area contributed by atoms with E-state index in [4.69, 9.17) is 0 Å². The number of hydrogen-bond donors (Lipinski definition) is 1. The van der Waals surface area contributed by atoms with Gasteiger partial charge < -0.3 is 14.9 Å². The van der Waals surface area contributed by atoms with Crippen molar-refractivity contribution in [3.63, 3.8) is 0 Å². The van der Waals surface area contributed by atoms with E-state index in [2.05, 4.69) is 11.2 Å². The van der Waals surface area contributed by atoms with Crippen LogP contribution in [0.15, 0.2) is 36.7 Å². The molecule has 0 bridgehead atoms. The summed E-state index contributed by atoms with van der Waals surface area (Å²) >= 11 is 0. The van der Waals surface area contributed by atoms with Gasteiger partial charge in [0.25, 0.3) is 0 Å². The summed E-state index contributed by atoms with van der Waals surface area (Å²) in [5, 5.41) is 13.8. The van der Waals surface area contributed by atoms with Crippen LogP contribution in [-0.4, -0.2) is 45.4 Å². The maximum absolute atomic E-state index is 13.4. The quantitative estimate of drug-likeness (QED) is 0.910. The van der Waals surface area contributed by atoms with Crippen LogP contribution in [0.2, 0.25) is 0 Å². The smallest absolute Gasteiger partial charge is 0.326 e. The standard InChI is InChI=1S/C19H22N4O3/c1-21-12-14(11-20-21)23-16(8-9-17(23)19(25)26)18(24)22-10-4-6-13-5-2-3-7-15(13)22/h2-3,5,7,11-12,16-17H,4,6,8-10H2,1H3,(H,25,26). The van der Waals surface area contributed by atoms with Gasteiger partial charge in [-0.3, -0.25) is 9.48 Å². The fourth-order valence-corrected chi connectivity index (χ4v) is 4.14. The monoisotopic (exact) mass is 354 g/mol. The summed E-state index contributed by atoms with van der Waals surface area (Å²) in [6.45, 7) is 0.672. The minimum absolute atomic E-state index is 0.0234. The molecule has 3 heterocycles. The molecular weight excluding hydrogens is 332 g/mol. The topological polar surface area (TPSA) is 78.7 Å². The summed E-state index contributed by atoms with van der Waals surface area (Å²) in [6, 6.07) is 6.79. The maximum atomic E-state index is 13.4. The lowest BCUT2D eigenvalue weighted by atomic mass is 10.0. The fourth-order valence-electron chi connectivity index (χ4n) is 4.14. The number of benzene rings is 1. The van der Waals surface area contributed by atoms with E-state index in [0.29, 0.717) is 25.1 Å². The van der Waals surface area contributed by atoms with Gasteiger partial charge in [0.2, 0.25) is 5.91 Å². The van der Waals surface area contributed by atoms with Crippen LogP contribution < -0.4 is 9.80 Å². The third-order valence-corrected chi connectivity index (χ3v) is 5.32. The van der Waals surface area contributed by atoms with E-state index in [1.54, 1.807) is 29.0 Å². The van der Waals surface area contributed by atoms with Crippen LogP contribution in [0.5, 0.6) is 0 Å². The van der Waals surface area contributed by atoms with Crippen LogP contribution in [0.1, 0.15) is 24.8 Å². The Bertz CT molecular complexity index is 847. The summed E-state index contributed by atoms with van der Waals surface area (Å²) in [5.74, 6) is -0.923. The first-order valence-electron chi connectivity index (χ1n) is 8.95. The SMILES string of the molecule is Cn1cc(N2C(C(=O)O)CCC2C(=O)N2CCCc3ccccc32)cn1. The molecule has 2 aliphatic heterocycles. The number of carbonyl (C=O) groups excluding carboxylic acids is 1. The van der Waals surface area contributed by atoms with Gasteiger partial charge >= 0.3 is 5.97 Å². The lowest BCUT2D eigenvalue weighted by molar-refractivity contribution is -0.138. The summed E-state index contributed by atoms with van der Waals surface area (Å²) in [6.07, 6.45) is 6.27. The van der Waals surface area contributed by atoms with Crippen LogP contribution in [-0.2, 0) is 23.1 Å². The normalized spacial score (nSPS) is 22.3. The number of anilines is 2. The number of aliphatic carboxylic acids is 1. The maximum Gasteiger partial charge on any atom is 0.326 e. The number of hydrogen-bond acceptors (Lipinski definition) is 4. The highest BCUT2D eigenvalue weighted by Crippen LogP contribution is 2.34. The molecule has 0 radical (unpaired) electrons. The van der Waals surface area contributed by atoms with Gasteiger partial charge in [-0.1, -0.05) is 18.2 Å². The van der Waals surface area contributed by atoms with Crippen molar-refractivity contribution >= 4 is 23.3 Å². The summed E-state index contributed by atoms with van der Waals surface area (Å²) < 4.78 is 1.63. The van der Waals surface area contributed by atoms with Crippen LogP contribution in [0, 0.1) is 0 Å². The molecule has 7 heteroatoms. The molecule has 1 N–H and O–H groups in total. The van der Waals surface area contributed by atoms with Gasteiger partial charge in [0.05, 0.1) is 11.9 Å². The number of aromatic nitrogens is 2. The second kappa shape index (κ2) is 6.48. The number of amides is 1. The zero-order valence-electron chi connectivity index (χ0n) is 14.7. The van der Waals surface area contributed by atoms with Crippen molar-refractivity contribution in [2.24, 2.45) is 7.05 Å². The third kappa shape index (κ3) is 2.73. The van der Waals surface area contributed by atoms with E-state index >= 15 is 0 Å². The van der Waals surface area contributed by atoms with E-state index in [9.17, 15) is 14.7 Å². The lowest BCUT2D eigenvalue weighted by Gasteiger charge is -2.35. The molecule has 26 heavy (non-hydrogen) atoms. The number of carboxylic acids is 1.